The van der Waals surface area contributed by atoms with Gasteiger partial charge in [0.2, 0.25) is 0 Å². The quantitative estimate of drug-likeness (QED) is 0.867. The highest BCUT2D eigenvalue weighted by molar-refractivity contribution is 5.45. The van der Waals surface area contributed by atoms with Gasteiger partial charge in [-0.3, -0.25) is 0 Å². The minimum absolute atomic E-state index is 0.0656. The first-order chi connectivity index (χ1) is 7.90. The van der Waals surface area contributed by atoms with Crippen LogP contribution in [0.3, 0.4) is 0 Å². The predicted molar refractivity (Wildman–Crippen MR) is 71.4 cm³/mol. The summed E-state index contributed by atoms with van der Waals surface area (Å²) in [7, 11) is 0. The van der Waals surface area contributed by atoms with Crippen LogP contribution in [0.2, 0.25) is 0 Å². The van der Waals surface area contributed by atoms with E-state index in [4.69, 9.17) is 9.84 Å². The molecule has 0 saturated heterocycles. The van der Waals surface area contributed by atoms with Gasteiger partial charge in [0.1, 0.15) is 5.75 Å². The van der Waals surface area contributed by atoms with Gasteiger partial charge < -0.3 is 9.84 Å². The van der Waals surface area contributed by atoms with E-state index in [1.54, 1.807) is 0 Å². The molecule has 0 fully saturated rings. The van der Waals surface area contributed by atoms with Gasteiger partial charge in [0.25, 0.3) is 0 Å². The van der Waals surface area contributed by atoms with Crippen molar-refractivity contribution in [1.82, 2.24) is 0 Å². The van der Waals surface area contributed by atoms with Gasteiger partial charge in [-0.2, -0.15) is 0 Å². The van der Waals surface area contributed by atoms with E-state index in [-0.39, 0.29) is 12.0 Å². The average molecular weight is 235 g/mol. The molecular formula is C15H23O2. The monoisotopic (exact) mass is 235 g/mol. The molecule has 1 aromatic rings. The Morgan fingerprint density at radius 3 is 2.41 bits per heavy atom. The molecule has 0 atom stereocenters. The largest absolute Gasteiger partial charge is 0.494 e. The predicted octanol–water partition coefficient (Wildman–Crippen LogP) is 3.32. The van der Waals surface area contributed by atoms with Gasteiger partial charge in [-0.25, -0.2) is 0 Å². The normalized spacial score (nSPS) is 11.9. The Morgan fingerprint density at radius 2 is 1.94 bits per heavy atom. The Balaban J connectivity index is 3.17. The number of aliphatic hydroxyl groups excluding tert-OH is 1. The summed E-state index contributed by atoms with van der Waals surface area (Å²) in [6, 6.07) is 6.17. The van der Waals surface area contributed by atoms with Crippen molar-refractivity contribution in [2.24, 2.45) is 0 Å². The van der Waals surface area contributed by atoms with Crippen molar-refractivity contribution < 1.29 is 9.84 Å². The summed E-state index contributed by atoms with van der Waals surface area (Å²) in [5, 5.41) is 9.16. The third-order valence-electron chi connectivity index (χ3n) is 2.82. The van der Waals surface area contributed by atoms with Crippen LogP contribution < -0.4 is 4.74 Å². The Bertz CT molecular complexity index is 364. The molecule has 0 aliphatic rings. The molecule has 0 heterocycles. The van der Waals surface area contributed by atoms with Crippen LogP contribution in [0, 0.1) is 5.92 Å². The number of aliphatic hydroxyl groups is 1. The fourth-order valence-corrected chi connectivity index (χ4v) is 1.77. The van der Waals surface area contributed by atoms with Gasteiger partial charge in [0.15, 0.2) is 0 Å². The van der Waals surface area contributed by atoms with E-state index < -0.39 is 0 Å². The van der Waals surface area contributed by atoms with Crippen molar-refractivity contribution >= 4 is 0 Å². The second kappa shape index (κ2) is 5.54. The van der Waals surface area contributed by atoms with Crippen LogP contribution in [-0.4, -0.2) is 18.3 Å². The molecule has 1 aromatic carbocycles. The highest BCUT2D eigenvalue weighted by atomic mass is 16.5. The summed E-state index contributed by atoms with van der Waals surface area (Å²) < 4.78 is 5.70. The Morgan fingerprint density at radius 1 is 1.29 bits per heavy atom. The second-order valence-electron chi connectivity index (χ2n) is 5.33. The topological polar surface area (TPSA) is 29.5 Å². The zero-order valence-corrected chi connectivity index (χ0v) is 11.5. The SMILES string of the molecule is CCOc1cc([C](C)CO)ccc1C(C)(C)C. The number of hydrogen-bond donors (Lipinski definition) is 1. The van der Waals surface area contributed by atoms with Crippen molar-refractivity contribution in [3.05, 3.63) is 35.2 Å². The van der Waals surface area contributed by atoms with Crippen molar-refractivity contribution in [2.45, 2.75) is 40.0 Å². The molecule has 0 amide bonds. The molecule has 0 saturated carbocycles. The van der Waals surface area contributed by atoms with Crippen molar-refractivity contribution in [3.63, 3.8) is 0 Å². The fourth-order valence-electron chi connectivity index (χ4n) is 1.77. The van der Waals surface area contributed by atoms with Gasteiger partial charge in [0, 0.05) is 5.92 Å². The molecule has 2 nitrogen and oxygen atoms in total. The smallest absolute Gasteiger partial charge is 0.123 e. The molecule has 2 heteroatoms. The molecular weight excluding hydrogens is 212 g/mol. The van der Waals surface area contributed by atoms with Crippen molar-refractivity contribution in [1.29, 1.82) is 0 Å². The third-order valence-corrected chi connectivity index (χ3v) is 2.82. The maximum absolute atomic E-state index is 9.16. The maximum atomic E-state index is 9.16. The van der Waals surface area contributed by atoms with Crippen LogP contribution in [0.15, 0.2) is 18.2 Å². The molecule has 0 aliphatic heterocycles. The Labute approximate surface area is 105 Å². The van der Waals surface area contributed by atoms with E-state index in [1.807, 2.05) is 19.9 Å². The van der Waals surface area contributed by atoms with Gasteiger partial charge in [-0.05, 0) is 29.5 Å². The molecule has 1 N–H and O–H groups in total. The lowest BCUT2D eigenvalue weighted by Gasteiger charge is -2.24. The molecule has 1 radical (unpaired) electrons. The van der Waals surface area contributed by atoms with Crippen molar-refractivity contribution in [3.8, 4) is 5.75 Å². The molecule has 0 spiro atoms. The van der Waals surface area contributed by atoms with E-state index in [9.17, 15) is 0 Å². The van der Waals surface area contributed by atoms with E-state index >= 15 is 0 Å². The fraction of sp³-hybridized carbons (Fsp3) is 0.533. The number of benzene rings is 1. The van der Waals surface area contributed by atoms with Crippen LogP contribution in [-0.2, 0) is 5.41 Å². The summed E-state index contributed by atoms with van der Waals surface area (Å²) in [5.74, 6) is 1.89. The Kier molecular flexibility index (Phi) is 4.58. The molecule has 1 rings (SSSR count). The molecule has 0 aliphatic carbocycles. The summed E-state index contributed by atoms with van der Waals surface area (Å²) in [5.41, 5.74) is 2.31. The van der Waals surface area contributed by atoms with Crippen LogP contribution in [0.5, 0.6) is 5.75 Å². The van der Waals surface area contributed by atoms with Gasteiger partial charge in [-0.15, -0.1) is 0 Å². The van der Waals surface area contributed by atoms with Gasteiger partial charge in [-0.1, -0.05) is 39.8 Å². The molecule has 95 valence electrons. The van der Waals surface area contributed by atoms with Crippen molar-refractivity contribution in [2.75, 3.05) is 13.2 Å². The minimum atomic E-state index is 0.0656. The number of rotatable bonds is 4. The summed E-state index contributed by atoms with van der Waals surface area (Å²) in [6.45, 7) is 11.2. The first-order valence-corrected chi connectivity index (χ1v) is 6.11. The van der Waals surface area contributed by atoms with E-state index in [0.717, 1.165) is 17.2 Å². The molecule has 0 unspecified atom stereocenters. The lowest BCUT2D eigenvalue weighted by atomic mass is 9.85. The van der Waals surface area contributed by atoms with Gasteiger partial charge in [0.05, 0.1) is 13.2 Å². The Hall–Kier alpha value is -1.02. The standard InChI is InChI=1S/C15H23O2/c1-6-17-14-9-12(11(2)10-16)7-8-13(14)15(3,4)5/h7-9,16H,6,10H2,1-5H3. The molecule has 0 bridgehead atoms. The minimum Gasteiger partial charge on any atom is -0.494 e. The molecule has 17 heavy (non-hydrogen) atoms. The average Bonchev–Trinajstić information content (AvgIpc) is 2.27. The second-order valence-corrected chi connectivity index (χ2v) is 5.33. The zero-order valence-electron chi connectivity index (χ0n) is 11.5. The van der Waals surface area contributed by atoms with Crippen LogP contribution in [0.1, 0.15) is 45.7 Å². The first-order valence-electron chi connectivity index (χ1n) is 6.11. The van der Waals surface area contributed by atoms with E-state index in [2.05, 4.69) is 32.9 Å². The van der Waals surface area contributed by atoms with E-state index in [0.29, 0.717) is 6.61 Å². The molecule has 0 aromatic heterocycles. The zero-order chi connectivity index (χ0) is 13.1. The number of ether oxygens (including phenoxy) is 1. The third kappa shape index (κ3) is 3.47. The number of hydrogen-bond acceptors (Lipinski definition) is 2. The summed E-state index contributed by atoms with van der Waals surface area (Å²) >= 11 is 0. The lowest BCUT2D eigenvalue weighted by Crippen LogP contribution is -2.14. The maximum Gasteiger partial charge on any atom is 0.123 e. The van der Waals surface area contributed by atoms with E-state index in [1.165, 1.54) is 5.56 Å². The lowest BCUT2D eigenvalue weighted by molar-refractivity contribution is 0.313. The highest BCUT2D eigenvalue weighted by Gasteiger charge is 2.20. The van der Waals surface area contributed by atoms with Gasteiger partial charge >= 0.3 is 0 Å². The van der Waals surface area contributed by atoms with Crippen LogP contribution in [0.4, 0.5) is 0 Å². The summed E-state index contributed by atoms with van der Waals surface area (Å²) in [6.07, 6.45) is 0. The first kappa shape index (κ1) is 14.0. The highest BCUT2D eigenvalue weighted by Crippen LogP contribution is 2.33. The summed E-state index contributed by atoms with van der Waals surface area (Å²) in [4.78, 5) is 0. The van der Waals surface area contributed by atoms with Crippen LogP contribution in [0.25, 0.3) is 0 Å². The van der Waals surface area contributed by atoms with Crippen LogP contribution >= 0.6 is 0 Å².